The van der Waals surface area contributed by atoms with Crippen LogP contribution in [0, 0.1) is 0 Å². The molecule has 0 bridgehead atoms. The molecule has 3 aromatic rings. The van der Waals surface area contributed by atoms with Crippen molar-refractivity contribution in [3.63, 3.8) is 0 Å². The third-order valence-electron chi connectivity index (χ3n) is 2.99. The first-order valence-electron chi connectivity index (χ1n) is 5.52. The van der Waals surface area contributed by atoms with Crippen LogP contribution in [0.4, 0.5) is 0 Å². The predicted octanol–water partition coefficient (Wildman–Crippen LogP) is 3.18. The second kappa shape index (κ2) is 4.13. The van der Waals surface area contributed by atoms with E-state index in [1.165, 1.54) is 6.07 Å². The average Bonchev–Trinajstić information content (AvgIpc) is 2.95. The van der Waals surface area contributed by atoms with E-state index in [9.17, 15) is 4.79 Å². The molecule has 0 aliphatic rings. The van der Waals surface area contributed by atoms with E-state index in [-0.39, 0.29) is 5.76 Å². The van der Waals surface area contributed by atoms with Crippen LogP contribution in [-0.2, 0) is 7.05 Å². The Bertz CT molecular complexity index is 788. The number of carbonyl (C=O) groups is 1. The molecule has 0 saturated heterocycles. The number of aromatic carboxylic acids is 1. The largest absolute Gasteiger partial charge is 0.475 e. The smallest absolute Gasteiger partial charge is 0.374 e. The quantitative estimate of drug-likeness (QED) is 0.780. The number of carboxylic acids is 1. The lowest BCUT2D eigenvalue weighted by atomic mass is 10.2. The maximum absolute atomic E-state index is 10.8. The lowest BCUT2D eigenvalue weighted by molar-refractivity contribution is 0.0652. The molecule has 0 atom stereocenters. The van der Waals surface area contributed by atoms with Crippen LogP contribution in [0.3, 0.4) is 0 Å². The van der Waals surface area contributed by atoms with Crippen molar-refractivity contribution >= 4 is 28.5 Å². The van der Waals surface area contributed by atoms with Gasteiger partial charge in [-0.1, -0.05) is 28.9 Å². The Hall–Kier alpha value is -2.27. The number of halogens is 1. The highest BCUT2D eigenvalue weighted by Crippen LogP contribution is 2.31. The van der Waals surface area contributed by atoms with Gasteiger partial charge in [-0.25, -0.2) is 4.79 Å². The zero-order valence-electron chi connectivity index (χ0n) is 9.92. The number of carboxylic acid groups (broad SMARTS) is 1. The van der Waals surface area contributed by atoms with Crippen LogP contribution in [0.5, 0.6) is 0 Å². The Morgan fingerprint density at radius 3 is 2.84 bits per heavy atom. The molecule has 19 heavy (non-hydrogen) atoms. The van der Waals surface area contributed by atoms with Crippen LogP contribution >= 0.6 is 11.6 Å². The van der Waals surface area contributed by atoms with Gasteiger partial charge in [0.2, 0.25) is 5.76 Å². The minimum atomic E-state index is -1.14. The van der Waals surface area contributed by atoms with Crippen LogP contribution in [0.25, 0.3) is 22.3 Å². The third kappa shape index (κ3) is 1.79. The van der Waals surface area contributed by atoms with E-state index < -0.39 is 5.97 Å². The van der Waals surface area contributed by atoms with E-state index in [0.29, 0.717) is 10.7 Å². The molecule has 96 valence electrons. The fraction of sp³-hybridized carbons (Fsp3) is 0.0769. The van der Waals surface area contributed by atoms with Crippen molar-refractivity contribution in [2.75, 3.05) is 0 Å². The summed E-state index contributed by atoms with van der Waals surface area (Å²) in [4.78, 5) is 10.8. The number of aryl methyl sites for hydroxylation is 1. The van der Waals surface area contributed by atoms with Crippen molar-refractivity contribution in [2.45, 2.75) is 0 Å². The van der Waals surface area contributed by atoms with Gasteiger partial charge in [0.1, 0.15) is 5.69 Å². The minimum Gasteiger partial charge on any atom is -0.475 e. The van der Waals surface area contributed by atoms with Gasteiger partial charge >= 0.3 is 5.97 Å². The van der Waals surface area contributed by atoms with Crippen molar-refractivity contribution < 1.29 is 14.4 Å². The predicted molar refractivity (Wildman–Crippen MR) is 70.4 cm³/mol. The van der Waals surface area contributed by atoms with Crippen LogP contribution in [0.15, 0.2) is 34.9 Å². The molecular formula is C13H9ClN2O3. The average molecular weight is 277 g/mol. The zero-order valence-corrected chi connectivity index (χ0v) is 10.7. The summed E-state index contributed by atoms with van der Waals surface area (Å²) in [6.07, 6.45) is 0. The van der Waals surface area contributed by atoms with E-state index in [2.05, 4.69) is 5.16 Å². The van der Waals surface area contributed by atoms with Crippen molar-refractivity contribution in [1.29, 1.82) is 0 Å². The Morgan fingerprint density at radius 2 is 2.21 bits per heavy atom. The molecule has 0 unspecified atom stereocenters. The summed E-state index contributed by atoms with van der Waals surface area (Å²) in [7, 11) is 1.85. The number of rotatable bonds is 2. The maximum atomic E-state index is 10.8. The minimum absolute atomic E-state index is 0.189. The summed E-state index contributed by atoms with van der Waals surface area (Å²) in [5.74, 6) is -1.33. The van der Waals surface area contributed by atoms with Crippen LogP contribution in [0.1, 0.15) is 10.6 Å². The monoisotopic (exact) mass is 276 g/mol. The molecule has 0 radical (unpaired) electrons. The molecule has 0 saturated carbocycles. The SMILES string of the molecule is Cn1c(-c2cc(C(=O)O)on2)cc2cccc(Cl)c21. The summed E-state index contributed by atoms with van der Waals surface area (Å²) in [5, 5.41) is 14.2. The lowest BCUT2D eigenvalue weighted by Gasteiger charge is -2.01. The number of benzene rings is 1. The molecule has 1 N–H and O–H groups in total. The molecule has 0 fully saturated rings. The second-order valence-corrected chi connectivity index (χ2v) is 4.56. The second-order valence-electron chi connectivity index (χ2n) is 4.15. The first-order chi connectivity index (χ1) is 9.08. The van der Waals surface area contributed by atoms with Crippen molar-refractivity contribution in [2.24, 2.45) is 7.05 Å². The first kappa shape index (κ1) is 11.8. The maximum Gasteiger partial charge on any atom is 0.374 e. The van der Waals surface area contributed by atoms with Crippen molar-refractivity contribution in [1.82, 2.24) is 9.72 Å². The molecule has 0 spiro atoms. The highest BCUT2D eigenvalue weighted by Gasteiger charge is 2.16. The normalized spacial score (nSPS) is 11.1. The summed E-state index contributed by atoms with van der Waals surface area (Å²) in [6, 6.07) is 8.89. The number of nitrogens with zero attached hydrogens (tertiary/aromatic N) is 2. The summed E-state index contributed by atoms with van der Waals surface area (Å²) in [6.45, 7) is 0. The fourth-order valence-corrected chi connectivity index (χ4v) is 2.42. The van der Waals surface area contributed by atoms with Crippen molar-refractivity contribution in [3.8, 4) is 11.4 Å². The van der Waals surface area contributed by atoms with Gasteiger partial charge in [0.15, 0.2) is 0 Å². The Balaban J connectivity index is 2.22. The number of hydrogen-bond acceptors (Lipinski definition) is 3. The van der Waals surface area contributed by atoms with Gasteiger partial charge in [0.25, 0.3) is 0 Å². The number of fused-ring (bicyclic) bond motifs is 1. The van der Waals surface area contributed by atoms with Gasteiger partial charge in [-0.15, -0.1) is 0 Å². The molecule has 6 heteroatoms. The Kier molecular flexibility index (Phi) is 2.57. The fourth-order valence-electron chi connectivity index (χ4n) is 2.11. The molecular weight excluding hydrogens is 268 g/mol. The van der Waals surface area contributed by atoms with Gasteiger partial charge in [0.05, 0.1) is 16.2 Å². The molecule has 0 aliphatic carbocycles. The highest BCUT2D eigenvalue weighted by molar-refractivity contribution is 6.35. The molecule has 0 amide bonds. The van der Waals surface area contributed by atoms with E-state index in [1.54, 1.807) is 6.07 Å². The first-order valence-corrected chi connectivity index (χ1v) is 5.90. The summed E-state index contributed by atoms with van der Waals surface area (Å²) < 4.78 is 6.63. The standard InChI is InChI=1S/C13H9ClN2O3/c1-16-10(9-6-11(13(17)18)19-15-9)5-7-3-2-4-8(14)12(7)16/h2-6H,1H3,(H,17,18). The molecule has 3 rings (SSSR count). The third-order valence-corrected chi connectivity index (χ3v) is 3.30. The van der Waals surface area contributed by atoms with Crippen LogP contribution in [-0.4, -0.2) is 20.8 Å². The van der Waals surface area contributed by atoms with E-state index >= 15 is 0 Å². The van der Waals surface area contributed by atoms with E-state index in [4.69, 9.17) is 21.2 Å². The van der Waals surface area contributed by atoms with Gasteiger partial charge in [0, 0.05) is 18.5 Å². The summed E-state index contributed by atoms with van der Waals surface area (Å²) >= 11 is 6.16. The van der Waals surface area contributed by atoms with Crippen LogP contribution < -0.4 is 0 Å². The Labute approximate surface area is 113 Å². The van der Waals surface area contributed by atoms with Gasteiger partial charge < -0.3 is 14.2 Å². The van der Waals surface area contributed by atoms with Gasteiger partial charge in [-0.2, -0.15) is 0 Å². The van der Waals surface area contributed by atoms with E-state index in [0.717, 1.165) is 16.6 Å². The molecule has 2 aromatic heterocycles. The van der Waals surface area contributed by atoms with Crippen molar-refractivity contribution in [3.05, 3.63) is 41.1 Å². The number of aromatic nitrogens is 2. The lowest BCUT2D eigenvalue weighted by Crippen LogP contribution is -1.93. The van der Waals surface area contributed by atoms with Gasteiger partial charge in [-0.05, 0) is 12.1 Å². The molecule has 0 aliphatic heterocycles. The highest BCUT2D eigenvalue weighted by atomic mass is 35.5. The molecule has 5 nitrogen and oxygen atoms in total. The van der Waals surface area contributed by atoms with E-state index in [1.807, 2.05) is 29.8 Å². The number of para-hydroxylation sites is 1. The van der Waals surface area contributed by atoms with Gasteiger partial charge in [-0.3, -0.25) is 0 Å². The summed E-state index contributed by atoms with van der Waals surface area (Å²) in [5.41, 5.74) is 2.09. The topological polar surface area (TPSA) is 68.3 Å². The Morgan fingerprint density at radius 1 is 1.42 bits per heavy atom. The zero-order chi connectivity index (χ0) is 13.6. The molecule has 1 aromatic carbocycles. The number of hydrogen-bond donors (Lipinski definition) is 1. The molecule has 2 heterocycles. The van der Waals surface area contributed by atoms with Crippen LogP contribution in [0.2, 0.25) is 5.02 Å².